The fourth-order valence-electron chi connectivity index (χ4n) is 2.21. The molecule has 0 aliphatic heterocycles. The van der Waals surface area contributed by atoms with Gasteiger partial charge in [-0.1, -0.05) is 0 Å². The SMILES string of the molecule is CSCCC(N)C(=O)NC(CS)C(=O)NC(CC(N)=O)C(=O)NC(CC(N)=O)C(=O)O. The van der Waals surface area contributed by atoms with Crippen LogP contribution < -0.4 is 33.2 Å². The standard InChI is InChI=1S/C16H28N6O7S2/c1-31-3-2-7(17)13(25)22-10(6-30)15(27)20-8(4-11(18)23)14(26)21-9(16(28)29)5-12(19)24/h7-10,30H,2-6,17H2,1H3,(H2,18,23)(H2,19,24)(H,20,27)(H,21,26)(H,22,25)(H,28,29). The maximum atomic E-state index is 12.5. The van der Waals surface area contributed by atoms with Crippen LogP contribution in [0.3, 0.4) is 0 Å². The third-order valence-corrected chi connectivity index (χ3v) is 4.85. The van der Waals surface area contributed by atoms with Crippen LogP contribution in [0.2, 0.25) is 0 Å². The molecule has 0 bridgehead atoms. The highest BCUT2D eigenvalue weighted by Gasteiger charge is 2.31. The van der Waals surface area contributed by atoms with Gasteiger partial charge in [-0.3, -0.25) is 24.0 Å². The number of thioether (sulfide) groups is 1. The van der Waals surface area contributed by atoms with Gasteiger partial charge in [-0.2, -0.15) is 24.4 Å². The summed E-state index contributed by atoms with van der Waals surface area (Å²) in [6.45, 7) is 0. The lowest BCUT2D eigenvalue weighted by atomic mass is 10.1. The summed E-state index contributed by atoms with van der Waals surface area (Å²) in [6.07, 6.45) is 0.844. The first-order chi connectivity index (χ1) is 14.4. The highest BCUT2D eigenvalue weighted by Crippen LogP contribution is 2.02. The molecule has 0 aliphatic rings. The minimum Gasteiger partial charge on any atom is -0.480 e. The first kappa shape index (κ1) is 28.5. The number of carbonyl (C=O) groups is 6. The first-order valence-corrected chi connectivity index (χ1v) is 11.0. The largest absolute Gasteiger partial charge is 0.480 e. The van der Waals surface area contributed by atoms with E-state index in [-0.39, 0.29) is 5.75 Å². The quantitative estimate of drug-likeness (QED) is 0.107. The average molecular weight is 481 g/mol. The van der Waals surface area contributed by atoms with Crippen molar-refractivity contribution in [3.05, 3.63) is 0 Å². The number of carboxylic acid groups (broad SMARTS) is 1. The van der Waals surface area contributed by atoms with E-state index in [4.69, 9.17) is 22.3 Å². The average Bonchev–Trinajstić information content (AvgIpc) is 2.67. The molecule has 0 heterocycles. The first-order valence-electron chi connectivity index (χ1n) is 8.98. The lowest BCUT2D eigenvalue weighted by Gasteiger charge is -2.23. The summed E-state index contributed by atoms with van der Waals surface area (Å²) in [5.41, 5.74) is 15.8. The van der Waals surface area contributed by atoms with E-state index in [2.05, 4.69) is 23.3 Å². The Morgan fingerprint density at radius 2 is 1.32 bits per heavy atom. The van der Waals surface area contributed by atoms with Crippen molar-refractivity contribution < 1.29 is 33.9 Å². The maximum Gasteiger partial charge on any atom is 0.326 e. The number of primary amides is 2. The second-order valence-corrected chi connectivity index (χ2v) is 7.78. The fraction of sp³-hybridized carbons (Fsp3) is 0.625. The van der Waals surface area contributed by atoms with Crippen molar-refractivity contribution in [2.45, 2.75) is 43.4 Å². The molecule has 0 saturated heterocycles. The van der Waals surface area contributed by atoms with Crippen molar-refractivity contribution in [1.29, 1.82) is 0 Å². The molecule has 13 nitrogen and oxygen atoms in total. The number of nitrogens with one attached hydrogen (secondary N) is 3. The minimum absolute atomic E-state index is 0.156. The molecule has 5 amide bonds. The Kier molecular flexibility index (Phi) is 13.3. The second-order valence-electron chi connectivity index (χ2n) is 6.43. The third-order valence-electron chi connectivity index (χ3n) is 3.84. The zero-order valence-corrected chi connectivity index (χ0v) is 18.5. The molecule has 0 saturated carbocycles. The molecule has 0 aliphatic carbocycles. The Labute approximate surface area is 188 Å². The molecule has 31 heavy (non-hydrogen) atoms. The number of aliphatic carboxylic acids is 1. The summed E-state index contributed by atoms with van der Waals surface area (Å²) in [4.78, 5) is 70.5. The van der Waals surface area contributed by atoms with E-state index in [1.54, 1.807) is 0 Å². The highest BCUT2D eigenvalue weighted by molar-refractivity contribution is 7.98. The molecule has 0 fully saturated rings. The van der Waals surface area contributed by atoms with Gasteiger partial charge in [0, 0.05) is 5.75 Å². The van der Waals surface area contributed by atoms with Crippen molar-refractivity contribution in [2.24, 2.45) is 17.2 Å². The smallest absolute Gasteiger partial charge is 0.326 e. The highest BCUT2D eigenvalue weighted by atomic mass is 32.2. The Balaban J connectivity index is 5.25. The van der Waals surface area contributed by atoms with Gasteiger partial charge in [0.2, 0.25) is 29.5 Å². The van der Waals surface area contributed by atoms with Gasteiger partial charge in [0.25, 0.3) is 0 Å². The van der Waals surface area contributed by atoms with Gasteiger partial charge >= 0.3 is 5.97 Å². The fourth-order valence-corrected chi connectivity index (χ4v) is 2.95. The molecule has 4 unspecified atom stereocenters. The van der Waals surface area contributed by atoms with Crippen LogP contribution in [0.5, 0.6) is 0 Å². The van der Waals surface area contributed by atoms with E-state index in [1.165, 1.54) is 11.8 Å². The van der Waals surface area contributed by atoms with Crippen molar-refractivity contribution in [3.8, 4) is 0 Å². The number of carboxylic acids is 1. The number of hydrogen-bond donors (Lipinski definition) is 8. The van der Waals surface area contributed by atoms with Crippen molar-refractivity contribution in [2.75, 3.05) is 17.8 Å². The van der Waals surface area contributed by atoms with Crippen LogP contribution in [0, 0.1) is 0 Å². The Morgan fingerprint density at radius 1 is 0.871 bits per heavy atom. The lowest BCUT2D eigenvalue weighted by Crippen LogP contribution is -2.58. The number of nitrogens with two attached hydrogens (primary N) is 3. The Bertz CT molecular complexity index is 693. The molecular weight excluding hydrogens is 452 g/mol. The summed E-state index contributed by atoms with van der Waals surface area (Å²) in [6, 6.07) is -5.30. The van der Waals surface area contributed by atoms with Crippen LogP contribution in [-0.2, 0) is 28.8 Å². The second kappa shape index (κ2) is 14.5. The van der Waals surface area contributed by atoms with E-state index in [1.807, 2.05) is 11.6 Å². The van der Waals surface area contributed by atoms with E-state index in [9.17, 15) is 28.8 Å². The molecule has 10 N–H and O–H groups in total. The van der Waals surface area contributed by atoms with Gasteiger partial charge in [0.15, 0.2) is 0 Å². The summed E-state index contributed by atoms with van der Waals surface area (Å²) < 4.78 is 0. The topological polar surface area (TPSA) is 237 Å². The van der Waals surface area contributed by atoms with Gasteiger partial charge in [-0.15, -0.1) is 0 Å². The van der Waals surface area contributed by atoms with E-state index in [0.717, 1.165) is 0 Å². The van der Waals surface area contributed by atoms with Crippen LogP contribution in [0.25, 0.3) is 0 Å². The number of thiol groups is 1. The summed E-state index contributed by atoms with van der Waals surface area (Å²) in [5, 5.41) is 15.7. The molecule has 0 aromatic heterocycles. The van der Waals surface area contributed by atoms with Crippen LogP contribution in [0.1, 0.15) is 19.3 Å². The monoisotopic (exact) mass is 480 g/mol. The van der Waals surface area contributed by atoms with Crippen LogP contribution in [-0.4, -0.2) is 82.5 Å². The molecule has 0 radical (unpaired) electrons. The third kappa shape index (κ3) is 11.4. The molecule has 0 aromatic carbocycles. The molecule has 176 valence electrons. The zero-order valence-electron chi connectivity index (χ0n) is 16.8. The number of hydrogen-bond acceptors (Lipinski definition) is 9. The lowest BCUT2D eigenvalue weighted by molar-refractivity contribution is -0.144. The van der Waals surface area contributed by atoms with E-state index in [0.29, 0.717) is 12.2 Å². The normalized spacial score (nSPS) is 14.4. The molecule has 4 atom stereocenters. The van der Waals surface area contributed by atoms with Gasteiger partial charge in [0.05, 0.1) is 18.9 Å². The van der Waals surface area contributed by atoms with Gasteiger partial charge in [0.1, 0.15) is 18.1 Å². The van der Waals surface area contributed by atoms with Gasteiger partial charge in [-0.05, 0) is 18.4 Å². The Hall–Kier alpha value is -2.52. The molecule has 0 aromatic rings. The van der Waals surface area contributed by atoms with Crippen LogP contribution in [0.15, 0.2) is 0 Å². The van der Waals surface area contributed by atoms with Crippen LogP contribution >= 0.6 is 24.4 Å². The maximum absolute atomic E-state index is 12.5. The number of amides is 5. The number of rotatable bonds is 15. The molecule has 0 rings (SSSR count). The number of carbonyl (C=O) groups excluding carboxylic acids is 5. The van der Waals surface area contributed by atoms with E-state index >= 15 is 0 Å². The summed E-state index contributed by atoms with van der Waals surface area (Å²) in [5.74, 6) is -5.58. The zero-order chi connectivity index (χ0) is 24.1. The molecule has 15 heteroatoms. The minimum atomic E-state index is -1.67. The van der Waals surface area contributed by atoms with Gasteiger partial charge < -0.3 is 38.3 Å². The van der Waals surface area contributed by atoms with Gasteiger partial charge in [-0.25, -0.2) is 4.79 Å². The van der Waals surface area contributed by atoms with Crippen LogP contribution in [0.4, 0.5) is 0 Å². The van der Waals surface area contributed by atoms with Crippen molar-refractivity contribution in [3.63, 3.8) is 0 Å². The van der Waals surface area contributed by atoms with Crippen molar-refractivity contribution >= 4 is 59.9 Å². The van der Waals surface area contributed by atoms with E-state index < -0.39 is 72.5 Å². The molecule has 0 spiro atoms. The molecular formula is C16H28N6O7S2. The predicted molar refractivity (Wildman–Crippen MR) is 116 cm³/mol. The summed E-state index contributed by atoms with van der Waals surface area (Å²) >= 11 is 5.48. The predicted octanol–water partition coefficient (Wildman–Crippen LogP) is -3.71. The summed E-state index contributed by atoms with van der Waals surface area (Å²) in [7, 11) is 0. The van der Waals surface area contributed by atoms with Crippen molar-refractivity contribution in [1.82, 2.24) is 16.0 Å². The Morgan fingerprint density at radius 3 is 1.77 bits per heavy atom.